The quantitative estimate of drug-likeness (QED) is 0.657. The fraction of sp³-hybridized carbons (Fsp3) is 0.560. The molecule has 2 fully saturated rings. The lowest BCUT2D eigenvalue weighted by Gasteiger charge is -2.34. The number of carbonyl (C=O) groups is 2. The van der Waals surface area contributed by atoms with Crippen molar-refractivity contribution in [2.45, 2.75) is 58.3 Å². The minimum atomic E-state index is 0.00245. The number of amides is 2. The summed E-state index contributed by atoms with van der Waals surface area (Å²) < 4.78 is 1.82. The van der Waals surface area contributed by atoms with Crippen molar-refractivity contribution >= 4 is 23.4 Å². The van der Waals surface area contributed by atoms with Gasteiger partial charge in [-0.1, -0.05) is 44.4 Å². The predicted molar refractivity (Wildman–Crippen MR) is 126 cm³/mol. The molecule has 6 nitrogen and oxygen atoms in total. The summed E-state index contributed by atoms with van der Waals surface area (Å²) in [5.74, 6) is 0.451. The Morgan fingerprint density at radius 3 is 2.31 bits per heavy atom. The molecule has 0 unspecified atom stereocenters. The molecule has 0 bridgehead atoms. The highest BCUT2D eigenvalue weighted by atomic mass is 35.5. The van der Waals surface area contributed by atoms with Crippen LogP contribution in [0.15, 0.2) is 30.5 Å². The molecule has 0 saturated carbocycles. The molecule has 7 heteroatoms. The average Bonchev–Trinajstić information content (AvgIpc) is 3.07. The minimum Gasteiger partial charge on any atom is -0.342 e. The van der Waals surface area contributed by atoms with Gasteiger partial charge in [0.2, 0.25) is 5.91 Å². The second-order valence-corrected chi connectivity index (χ2v) is 9.73. The number of benzene rings is 1. The maximum absolute atomic E-state index is 13.4. The van der Waals surface area contributed by atoms with Gasteiger partial charge in [0.1, 0.15) is 0 Å². The molecule has 2 aliphatic heterocycles. The highest BCUT2D eigenvalue weighted by molar-refractivity contribution is 6.30. The van der Waals surface area contributed by atoms with Crippen LogP contribution >= 0.6 is 11.6 Å². The summed E-state index contributed by atoms with van der Waals surface area (Å²) in [6.45, 7) is 7.14. The molecule has 0 spiro atoms. The first-order chi connectivity index (χ1) is 15.5. The van der Waals surface area contributed by atoms with E-state index in [2.05, 4.69) is 23.8 Å². The van der Waals surface area contributed by atoms with Crippen LogP contribution in [0.25, 0.3) is 5.69 Å². The van der Waals surface area contributed by atoms with Crippen molar-refractivity contribution in [1.29, 1.82) is 0 Å². The summed E-state index contributed by atoms with van der Waals surface area (Å²) in [6, 6.07) is 7.51. The van der Waals surface area contributed by atoms with E-state index in [0.29, 0.717) is 23.7 Å². The zero-order valence-corrected chi connectivity index (χ0v) is 19.9. The van der Waals surface area contributed by atoms with E-state index in [1.54, 1.807) is 6.20 Å². The Hall–Kier alpha value is -2.34. The zero-order valence-electron chi connectivity index (χ0n) is 19.1. The molecule has 32 heavy (non-hydrogen) atoms. The first-order valence-corrected chi connectivity index (χ1v) is 12.3. The van der Waals surface area contributed by atoms with E-state index in [4.69, 9.17) is 11.6 Å². The molecule has 2 aliphatic rings. The molecule has 4 rings (SSSR count). The van der Waals surface area contributed by atoms with Crippen LogP contribution in [-0.4, -0.2) is 57.6 Å². The van der Waals surface area contributed by atoms with Crippen LogP contribution in [0, 0.1) is 5.92 Å². The monoisotopic (exact) mass is 456 g/mol. The molecule has 1 aromatic heterocycles. The number of aromatic nitrogens is 2. The SMILES string of the molecule is CC(C)c1c(C(=O)N2CCC(C(=O)N3CCCCCC3)CC2)cnn1-c1cccc(Cl)c1. The van der Waals surface area contributed by atoms with Gasteiger partial charge in [-0.15, -0.1) is 0 Å². The molecule has 3 heterocycles. The summed E-state index contributed by atoms with van der Waals surface area (Å²) >= 11 is 6.17. The van der Waals surface area contributed by atoms with Crippen LogP contribution in [-0.2, 0) is 4.79 Å². The van der Waals surface area contributed by atoms with Crippen molar-refractivity contribution in [3.8, 4) is 5.69 Å². The lowest BCUT2D eigenvalue weighted by atomic mass is 9.94. The fourth-order valence-corrected chi connectivity index (χ4v) is 5.13. The first kappa shape index (κ1) is 22.8. The predicted octanol–water partition coefficient (Wildman–Crippen LogP) is 4.90. The van der Waals surface area contributed by atoms with Crippen LogP contribution in [0.3, 0.4) is 0 Å². The van der Waals surface area contributed by atoms with Gasteiger partial charge in [0.15, 0.2) is 0 Å². The molecule has 2 aromatic rings. The Morgan fingerprint density at radius 1 is 1.00 bits per heavy atom. The van der Waals surface area contributed by atoms with E-state index in [1.165, 1.54) is 12.8 Å². The van der Waals surface area contributed by atoms with E-state index in [0.717, 1.165) is 50.2 Å². The number of nitrogens with zero attached hydrogens (tertiary/aromatic N) is 4. The fourth-order valence-electron chi connectivity index (χ4n) is 4.94. The topological polar surface area (TPSA) is 58.4 Å². The van der Waals surface area contributed by atoms with Crippen LogP contribution in [0.5, 0.6) is 0 Å². The van der Waals surface area contributed by atoms with E-state index in [1.807, 2.05) is 33.8 Å². The van der Waals surface area contributed by atoms with Gasteiger partial charge >= 0.3 is 0 Å². The van der Waals surface area contributed by atoms with Crippen molar-refractivity contribution in [1.82, 2.24) is 19.6 Å². The van der Waals surface area contributed by atoms with Crippen LogP contribution in [0.2, 0.25) is 5.02 Å². The van der Waals surface area contributed by atoms with Gasteiger partial charge in [-0.2, -0.15) is 5.10 Å². The first-order valence-electron chi connectivity index (χ1n) is 11.9. The molecule has 172 valence electrons. The number of halogens is 1. The maximum Gasteiger partial charge on any atom is 0.257 e. The van der Waals surface area contributed by atoms with Crippen molar-refractivity contribution in [2.75, 3.05) is 26.2 Å². The van der Waals surface area contributed by atoms with E-state index >= 15 is 0 Å². The lowest BCUT2D eigenvalue weighted by molar-refractivity contribution is -0.136. The van der Waals surface area contributed by atoms with Gasteiger partial charge in [-0.25, -0.2) is 4.68 Å². The highest BCUT2D eigenvalue weighted by Gasteiger charge is 2.32. The van der Waals surface area contributed by atoms with Crippen LogP contribution in [0.1, 0.15) is 74.3 Å². The highest BCUT2D eigenvalue weighted by Crippen LogP contribution is 2.28. The number of hydrogen-bond donors (Lipinski definition) is 0. The zero-order chi connectivity index (χ0) is 22.7. The van der Waals surface area contributed by atoms with Gasteiger partial charge in [-0.05, 0) is 49.8 Å². The molecule has 0 atom stereocenters. The number of piperidine rings is 1. The summed E-state index contributed by atoms with van der Waals surface area (Å²) in [5.41, 5.74) is 2.37. The second-order valence-electron chi connectivity index (χ2n) is 9.30. The van der Waals surface area contributed by atoms with Gasteiger partial charge < -0.3 is 9.80 Å². The molecule has 0 aliphatic carbocycles. The molecule has 1 aromatic carbocycles. The summed E-state index contributed by atoms with van der Waals surface area (Å²) in [4.78, 5) is 30.3. The molecule has 2 saturated heterocycles. The van der Waals surface area contributed by atoms with Crippen LogP contribution in [0.4, 0.5) is 0 Å². The van der Waals surface area contributed by atoms with Crippen molar-refractivity contribution in [3.63, 3.8) is 0 Å². The molecule has 0 N–H and O–H groups in total. The number of carbonyl (C=O) groups excluding carboxylic acids is 2. The minimum absolute atomic E-state index is 0.00245. The number of hydrogen-bond acceptors (Lipinski definition) is 3. The largest absolute Gasteiger partial charge is 0.342 e. The Labute approximate surface area is 195 Å². The van der Waals surface area contributed by atoms with E-state index in [9.17, 15) is 9.59 Å². The third kappa shape index (κ3) is 4.85. The Balaban J connectivity index is 1.46. The molecular weight excluding hydrogens is 424 g/mol. The summed E-state index contributed by atoms with van der Waals surface area (Å²) in [7, 11) is 0. The smallest absolute Gasteiger partial charge is 0.257 e. The third-order valence-corrected chi connectivity index (χ3v) is 6.92. The van der Waals surface area contributed by atoms with Crippen molar-refractivity contribution in [3.05, 3.63) is 46.7 Å². The summed E-state index contributed by atoms with van der Waals surface area (Å²) in [5, 5.41) is 5.16. The Morgan fingerprint density at radius 2 is 1.69 bits per heavy atom. The normalized spacial score (nSPS) is 18.1. The standard InChI is InChI=1S/C25H33ClN4O2/c1-18(2)23-22(17-27-30(23)21-9-7-8-20(26)16-21)25(32)29-14-10-19(11-15-29)24(31)28-12-5-3-4-6-13-28/h7-9,16-19H,3-6,10-15H2,1-2H3. The molecular formula is C25H33ClN4O2. The van der Waals surface area contributed by atoms with E-state index in [-0.39, 0.29) is 23.7 Å². The van der Waals surface area contributed by atoms with Gasteiger partial charge in [0, 0.05) is 37.1 Å². The van der Waals surface area contributed by atoms with Gasteiger partial charge in [-0.3, -0.25) is 9.59 Å². The summed E-state index contributed by atoms with van der Waals surface area (Å²) in [6.07, 6.45) is 7.80. The Bertz CT molecular complexity index is 955. The van der Waals surface area contributed by atoms with E-state index < -0.39 is 0 Å². The molecule has 0 radical (unpaired) electrons. The lowest BCUT2D eigenvalue weighted by Crippen LogP contribution is -2.44. The van der Waals surface area contributed by atoms with Crippen molar-refractivity contribution < 1.29 is 9.59 Å². The van der Waals surface area contributed by atoms with Crippen LogP contribution < -0.4 is 0 Å². The number of likely N-dealkylation sites (tertiary alicyclic amines) is 2. The molecule has 2 amide bonds. The maximum atomic E-state index is 13.4. The number of rotatable bonds is 4. The third-order valence-electron chi connectivity index (χ3n) is 6.69. The average molecular weight is 457 g/mol. The second kappa shape index (κ2) is 10.1. The Kier molecular flexibility index (Phi) is 7.19. The van der Waals surface area contributed by atoms with Crippen molar-refractivity contribution in [2.24, 2.45) is 5.92 Å². The van der Waals surface area contributed by atoms with Gasteiger partial charge in [0.05, 0.1) is 23.1 Å². The van der Waals surface area contributed by atoms with Gasteiger partial charge in [0.25, 0.3) is 5.91 Å².